The van der Waals surface area contributed by atoms with Crippen LogP contribution in [-0.4, -0.2) is 65.8 Å². The van der Waals surface area contributed by atoms with Crippen LogP contribution in [-0.2, 0) is 50.1 Å². The van der Waals surface area contributed by atoms with Crippen LogP contribution in [0, 0.1) is 0 Å². The Bertz CT molecular complexity index is 1500. The lowest BCUT2D eigenvalue weighted by Gasteiger charge is -2.43. The van der Waals surface area contributed by atoms with E-state index in [4.69, 9.17) is 42.6 Å². The van der Waals surface area contributed by atoms with Crippen LogP contribution in [0.4, 0.5) is 4.39 Å². The first-order valence-electron chi connectivity index (χ1n) is 15.7. The first kappa shape index (κ1) is 35.1. The van der Waals surface area contributed by atoms with Crippen molar-refractivity contribution in [2.45, 2.75) is 57.2 Å². The monoisotopic (exact) mass is 662 g/mol. The molecule has 4 aromatic carbocycles. The van der Waals surface area contributed by atoms with Gasteiger partial charge in [-0.05, 0) is 70.8 Å². The zero-order valence-corrected chi connectivity index (χ0v) is 27.7. The Morgan fingerprint density at radius 1 is 0.458 bits per heavy atom. The zero-order valence-electron chi connectivity index (χ0n) is 27.7. The number of methoxy groups -OCH3 is 4. The Morgan fingerprint density at radius 3 is 1.17 bits per heavy atom. The third kappa shape index (κ3) is 9.68. The van der Waals surface area contributed by atoms with Gasteiger partial charge in [0.05, 0.1) is 61.5 Å². The van der Waals surface area contributed by atoms with Crippen LogP contribution in [0.25, 0.3) is 0 Å². The fourth-order valence-corrected chi connectivity index (χ4v) is 5.32. The second-order valence-corrected chi connectivity index (χ2v) is 11.3. The number of alkyl halides is 1. The van der Waals surface area contributed by atoms with Gasteiger partial charge in [-0.15, -0.1) is 0 Å². The largest absolute Gasteiger partial charge is 0.497 e. The van der Waals surface area contributed by atoms with Gasteiger partial charge in [0.15, 0.2) is 0 Å². The third-order valence-electron chi connectivity index (χ3n) is 8.09. The van der Waals surface area contributed by atoms with Crippen molar-refractivity contribution < 1.29 is 47.0 Å². The standard InChI is InChI=1S/C38H43FO9/c1-40-30-13-5-26(6-14-30)21-44-25-34-35(45-22-27-7-15-31(41-2)16-8-27)36(46-23-28-9-17-32(42-3)18-10-28)37(38(39)48-34)47-24-29-11-19-33(43-4)20-12-29/h5-20,34-38H,21-25H2,1-4H3/t34?,35-,36?,37-,38-/m0/s1. The molecule has 1 aliphatic heterocycles. The van der Waals surface area contributed by atoms with E-state index < -0.39 is 30.8 Å². The highest BCUT2D eigenvalue weighted by Gasteiger charge is 2.49. The summed E-state index contributed by atoms with van der Waals surface area (Å²) in [5.74, 6) is 2.93. The fraction of sp³-hybridized carbons (Fsp3) is 0.368. The smallest absolute Gasteiger partial charge is 0.228 e. The predicted molar refractivity (Wildman–Crippen MR) is 177 cm³/mol. The van der Waals surface area contributed by atoms with Crippen LogP contribution < -0.4 is 18.9 Å². The van der Waals surface area contributed by atoms with Crippen molar-refractivity contribution in [3.05, 3.63) is 119 Å². The van der Waals surface area contributed by atoms with Gasteiger partial charge in [0.25, 0.3) is 0 Å². The van der Waals surface area contributed by atoms with Crippen molar-refractivity contribution in [3.63, 3.8) is 0 Å². The summed E-state index contributed by atoms with van der Waals surface area (Å²) >= 11 is 0. The van der Waals surface area contributed by atoms with E-state index in [2.05, 4.69) is 0 Å². The van der Waals surface area contributed by atoms with E-state index in [1.54, 1.807) is 28.4 Å². The van der Waals surface area contributed by atoms with Gasteiger partial charge in [0, 0.05) is 0 Å². The highest BCUT2D eigenvalue weighted by molar-refractivity contribution is 5.29. The van der Waals surface area contributed by atoms with Gasteiger partial charge in [-0.2, -0.15) is 0 Å². The summed E-state index contributed by atoms with van der Waals surface area (Å²) in [6, 6.07) is 30.0. The number of rotatable bonds is 17. The van der Waals surface area contributed by atoms with Crippen LogP contribution >= 0.6 is 0 Å². The molecule has 1 fully saturated rings. The quantitative estimate of drug-likeness (QED) is 0.123. The average molecular weight is 663 g/mol. The maximum Gasteiger partial charge on any atom is 0.228 e. The van der Waals surface area contributed by atoms with Crippen LogP contribution in [0.1, 0.15) is 22.3 Å². The molecule has 10 heteroatoms. The third-order valence-corrected chi connectivity index (χ3v) is 8.09. The topological polar surface area (TPSA) is 83.1 Å². The van der Waals surface area contributed by atoms with Crippen molar-refractivity contribution in [1.29, 1.82) is 0 Å². The minimum Gasteiger partial charge on any atom is -0.497 e. The maximum atomic E-state index is 16.0. The van der Waals surface area contributed by atoms with Gasteiger partial charge in [0.2, 0.25) is 6.36 Å². The highest BCUT2D eigenvalue weighted by atomic mass is 19.1. The Labute approximate surface area is 281 Å². The molecule has 5 rings (SSSR count). The molecule has 5 atom stereocenters. The molecule has 0 aromatic heterocycles. The molecule has 48 heavy (non-hydrogen) atoms. The van der Waals surface area contributed by atoms with E-state index in [0.29, 0.717) is 12.4 Å². The van der Waals surface area contributed by atoms with Gasteiger partial charge >= 0.3 is 0 Å². The van der Waals surface area contributed by atoms with E-state index >= 15 is 4.39 Å². The van der Waals surface area contributed by atoms with Gasteiger partial charge in [-0.25, -0.2) is 4.39 Å². The second-order valence-electron chi connectivity index (χ2n) is 11.3. The molecule has 0 radical (unpaired) electrons. The summed E-state index contributed by atoms with van der Waals surface area (Å²) in [4.78, 5) is 0. The summed E-state index contributed by atoms with van der Waals surface area (Å²) < 4.78 is 68.4. The van der Waals surface area contributed by atoms with Crippen LogP contribution in [0.2, 0.25) is 0 Å². The Balaban J connectivity index is 1.37. The summed E-state index contributed by atoms with van der Waals surface area (Å²) in [7, 11) is 6.45. The summed E-state index contributed by atoms with van der Waals surface area (Å²) in [6.45, 7) is 0.891. The maximum absolute atomic E-state index is 16.0. The first-order chi connectivity index (χ1) is 23.5. The van der Waals surface area contributed by atoms with Crippen molar-refractivity contribution in [1.82, 2.24) is 0 Å². The van der Waals surface area contributed by atoms with Crippen LogP contribution in [0.5, 0.6) is 23.0 Å². The molecule has 0 amide bonds. The molecule has 0 bridgehead atoms. The molecule has 1 aliphatic rings. The molecule has 1 saturated heterocycles. The van der Waals surface area contributed by atoms with Crippen LogP contribution in [0.15, 0.2) is 97.1 Å². The molecule has 0 aliphatic carbocycles. The average Bonchev–Trinajstić information content (AvgIpc) is 3.14. The number of hydrogen-bond donors (Lipinski definition) is 0. The predicted octanol–water partition coefficient (Wildman–Crippen LogP) is 6.69. The molecule has 9 nitrogen and oxygen atoms in total. The summed E-state index contributed by atoms with van der Waals surface area (Å²) in [5, 5.41) is 0. The molecule has 0 spiro atoms. The number of ether oxygens (including phenoxy) is 9. The van der Waals surface area contributed by atoms with E-state index in [9.17, 15) is 0 Å². The van der Waals surface area contributed by atoms with Crippen molar-refractivity contribution in [2.24, 2.45) is 0 Å². The lowest BCUT2D eigenvalue weighted by molar-refractivity contribution is -0.298. The van der Waals surface area contributed by atoms with E-state index in [1.807, 2.05) is 97.1 Å². The first-order valence-corrected chi connectivity index (χ1v) is 15.7. The van der Waals surface area contributed by atoms with Gasteiger partial charge in [-0.1, -0.05) is 48.5 Å². The van der Waals surface area contributed by atoms with E-state index in [0.717, 1.165) is 39.5 Å². The Hall–Kier alpha value is -4.19. The lowest BCUT2D eigenvalue weighted by atomic mass is 9.98. The summed E-state index contributed by atoms with van der Waals surface area (Å²) in [6.07, 6.45) is -5.28. The lowest BCUT2D eigenvalue weighted by Crippen LogP contribution is -2.60. The summed E-state index contributed by atoms with van der Waals surface area (Å²) in [5.41, 5.74) is 3.57. The van der Waals surface area contributed by atoms with Crippen LogP contribution in [0.3, 0.4) is 0 Å². The fourth-order valence-electron chi connectivity index (χ4n) is 5.32. The molecular formula is C38H43FO9. The number of halogens is 1. The molecule has 256 valence electrons. The number of hydrogen-bond acceptors (Lipinski definition) is 9. The SMILES string of the molecule is COc1ccc(COCC2O[C@H](F)[C@@H](OCc3ccc(OC)cc3)C(OCc3ccc(OC)cc3)[C@H]2OCc2ccc(OC)cc2)cc1. The van der Waals surface area contributed by atoms with E-state index in [1.165, 1.54) is 0 Å². The minimum atomic E-state index is -1.81. The van der Waals surface area contributed by atoms with Crippen molar-refractivity contribution in [3.8, 4) is 23.0 Å². The van der Waals surface area contributed by atoms with Gasteiger partial charge < -0.3 is 42.6 Å². The minimum absolute atomic E-state index is 0.0628. The van der Waals surface area contributed by atoms with E-state index in [-0.39, 0.29) is 26.4 Å². The second kappa shape index (κ2) is 17.8. The Morgan fingerprint density at radius 2 is 0.792 bits per heavy atom. The molecule has 2 unspecified atom stereocenters. The van der Waals surface area contributed by atoms with Crippen molar-refractivity contribution in [2.75, 3.05) is 35.0 Å². The van der Waals surface area contributed by atoms with Gasteiger partial charge in [-0.3, -0.25) is 0 Å². The molecule has 0 N–H and O–H groups in total. The molecule has 1 heterocycles. The zero-order chi connectivity index (χ0) is 33.7. The number of benzene rings is 4. The normalized spacial score (nSPS) is 20.6. The Kier molecular flexibility index (Phi) is 13.0. The van der Waals surface area contributed by atoms with Crippen molar-refractivity contribution >= 4 is 0 Å². The molecular weight excluding hydrogens is 619 g/mol. The van der Waals surface area contributed by atoms with Gasteiger partial charge in [0.1, 0.15) is 47.4 Å². The molecule has 4 aromatic rings. The molecule has 0 saturated carbocycles. The highest BCUT2D eigenvalue weighted by Crippen LogP contribution is 2.32.